The molecular formula is C12H24N2O3. The van der Waals surface area contributed by atoms with Crippen LogP contribution in [-0.4, -0.2) is 54.4 Å². The molecule has 0 saturated carbocycles. The summed E-state index contributed by atoms with van der Waals surface area (Å²) < 4.78 is 5.11. The molecule has 1 aliphatic heterocycles. The highest BCUT2D eigenvalue weighted by molar-refractivity contribution is 5.76. The minimum Gasteiger partial charge on any atom is -0.390 e. The van der Waals surface area contributed by atoms with Crippen LogP contribution in [0, 0.1) is 0 Å². The topological polar surface area (TPSA) is 75.8 Å². The molecule has 2 atom stereocenters. The van der Waals surface area contributed by atoms with Gasteiger partial charge in [0.15, 0.2) is 0 Å². The summed E-state index contributed by atoms with van der Waals surface area (Å²) in [7, 11) is 1.57. The fourth-order valence-corrected chi connectivity index (χ4v) is 2.10. The maximum absolute atomic E-state index is 12.0. The second-order valence-electron chi connectivity index (χ2n) is 5.03. The first-order chi connectivity index (χ1) is 7.98. The normalized spacial score (nSPS) is 27.6. The highest BCUT2D eigenvalue weighted by Crippen LogP contribution is 2.21. The molecular weight excluding hydrogens is 220 g/mol. The Morgan fingerprint density at radius 1 is 1.53 bits per heavy atom. The summed E-state index contributed by atoms with van der Waals surface area (Å²) in [5.41, 5.74) is 4.86. The Kier molecular flexibility index (Phi) is 5.36. The number of methoxy groups -OCH3 is 1. The van der Waals surface area contributed by atoms with Gasteiger partial charge < -0.3 is 20.5 Å². The smallest absolute Gasteiger partial charge is 0.225 e. The van der Waals surface area contributed by atoms with Gasteiger partial charge in [-0.15, -0.1) is 0 Å². The molecule has 5 nitrogen and oxygen atoms in total. The second kappa shape index (κ2) is 6.33. The Bertz CT molecular complexity index is 252. The Hall–Kier alpha value is -0.650. The van der Waals surface area contributed by atoms with Crippen LogP contribution >= 0.6 is 0 Å². The van der Waals surface area contributed by atoms with Gasteiger partial charge in [0.25, 0.3) is 0 Å². The third kappa shape index (κ3) is 4.61. The number of carbonyl (C=O) groups is 1. The minimum atomic E-state index is -0.635. The molecule has 5 heteroatoms. The molecule has 0 spiro atoms. The molecule has 17 heavy (non-hydrogen) atoms. The molecule has 1 heterocycles. The second-order valence-corrected chi connectivity index (χ2v) is 5.03. The van der Waals surface area contributed by atoms with Gasteiger partial charge >= 0.3 is 0 Å². The highest BCUT2D eigenvalue weighted by atomic mass is 16.5. The molecule has 0 radical (unpaired) electrons. The number of nitrogens with zero attached hydrogens (tertiary/aromatic N) is 1. The van der Waals surface area contributed by atoms with Crippen LogP contribution < -0.4 is 5.73 Å². The predicted molar refractivity (Wildman–Crippen MR) is 65.5 cm³/mol. The van der Waals surface area contributed by atoms with Crippen LogP contribution in [0.4, 0.5) is 0 Å². The zero-order chi connectivity index (χ0) is 12.9. The van der Waals surface area contributed by atoms with Gasteiger partial charge in [-0.05, 0) is 26.2 Å². The van der Waals surface area contributed by atoms with E-state index in [-0.39, 0.29) is 12.0 Å². The fraction of sp³-hybridized carbons (Fsp3) is 0.917. The van der Waals surface area contributed by atoms with Crippen molar-refractivity contribution in [3.8, 4) is 0 Å². The number of likely N-dealkylation sites (tertiary alicyclic amines) is 1. The predicted octanol–water partition coefficient (Wildman–Crippen LogP) is 0.114. The molecule has 2 unspecified atom stereocenters. The van der Waals surface area contributed by atoms with Crippen molar-refractivity contribution in [2.75, 3.05) is 26.7 Å². The Labute approximate surface area is 103 Å². The molecule has 1 aliphatic rings. The van der Waals surface area contributed by atoms with Gasteiger partial charge in [-0.2, -0.15) is 0 Å². The van der Waals surface area contributed by atoms with Crippen molar-refractivity contribution in [1.82, 2.24) is 4.90 Å². The van der Waals surface area contributed by atoms with Gasteiger partial charge in [-0.3, -0.25) is 4.79 Å². The first-order valence-electron chi connectivity index (χ1n) is 6.21. The number of carbonyl (C=O) groups excluding carboxylic acids is 1. The summed E-state index contributed by atoms with van der Waals surface area (Å²) >= 11 is 0. The molecule has 3 N–H and O–H groups in total. The lowest BCUT2D eigenvalue weighted by Gasteiger charge is -2.24. The number of ether oxygens (including phenoxy) is 1. The third-order valence-corrected chi connectivity index (χ3v) is 3.41. The average molecular weight is 244 g/mol. The van der Waals surface area contributed by atoms with Crippen LogP contribution in [0.3, 0.4) is 0 Å². The Morgan fingerprint density at radius 2 is 2.24 bits per heavy atom. The molecule has 0 aromatic rings. The molecule has 0 aromatic carbocycles. The van der Waals surface area contributed by atoms with Gasteiger partial charge in [-0.1, -0.05) is 0 Å². The third-order valence-electron chi connectivity index (χ3n) is 3.41. The Morgan fingerprint density at radius 3 is 2.82 bits per heavy atom. The summed E-state index contributed by atoms with van der Waals surface area (Å²) in [6, 6.07) is 0. The zero-order valence-electron chi connectivity index (χ0n) is 10.8. The summed E-state index contributed by atoms with van der Waals surface area (Å²) in [5, 5.41) is 9.95. The monoisotopic (exact) mass is 244 g/mol. The molecule has 1 rings (SSSR count). The van der Waals surface area contributed by atoms with Gasteiger partial charge in [0.1, 0.15) is 0 Å². The van der Waals surface area contributed by atoms with Crippen molar-refractivity contribution in [1.29, 1.82) is 0 Å². The molecule has 1 fully saturated rings. The van der Waals surface area contributed by atoms with E-state index in [4.69, 9.17) is 10.5 Å². The lowest BCUT2D eigenvalue weighted by Crippen LogP contribution is -2.37. The zero-order valence-corrected chi connectivity index (χ0v) is 10.8. The quantitative estimate of drug-likeness (QED) is 0.736. The number of hydrogen-bond donors (Lipinski definition) is 2. The molecule has 0 aromatic heterocycles. The van der Waals surface area contributed by atoms with Gasteiger partial charge in [-0.25, -0.2) is 0 Å². The van der Waals surface area contributed by atoms with E-state index >= 15 is 0 Å². The number of rotatable bonds is 4. The lowest BCUT2D eigenvalue weighted by molar-refractivity contribution is -0.133. The van der Waals surface area contributed by atoms with E-state index in [1.807, 2.05) is 11.8 Å². The van der Waals surface area contributed by atoms with E-state index in [0.717, 1.165) is 19.4 Å². The standard InChI is InChI=1S/C12H24N2O3/c1-12(16)4-3-6-14(7-5-12)11(15)8-10(9-13)17-2/h10,16H,3-9,13H2,1-2H3. The summed E-state index contributed by atoms with van der Waals surface area (Å²) in [6.07, 6.45) is 2.36. The molecule has 100 valence electrons. The first kappa shape index (κ1) is 14.4. The largest absolute Gasteiger partial charge is 0.390 e. The van der Waals surface area contributed by atoms with Crippen LogP contribution in [0.15, 0.2) is 0 Å². The lowest BCUT2D eigenvalue weighted by atomic mass is 9.98. The molecule has 1 amide bonds. The van der Waals surface area contributed by atoms with Crippen molar-refractivity contribution in [3.05, 3.63) is 0 Å². The van der Waals surface area contributed by atoms with Crippen LogP contribution in [0.1, 0.15) is 32.6 Å². The van der Waals surface area contributed by atoms with Crippen molar-refractivity contribution >= 4 is 5.91 Å². The fourth-order valence-electron chi connectivity index (χ4n) is 2.10. The van der Waals surface area contributed by atoms with E-state index in [1.54, 1.807) is 7.11 Å². The van der Waals surface area contributed by atoms with Gasteiger partial charge in [0.05, 0.1) is 18.1 Å². The molecule has 0 bridgehead atoms. The van der Waals surface area contributed by atoms with E-state index in [2.05, 4.69) is 0 Å². The van der Waals surface area contributed by atoms with Crippen LogP contribution in [0.2, 0.25) is 0 Å². The van der Waals surface area contributed by atoms with E-state index in [9.17, 15) is 9.90 Å². The summed E-state index contributed by atoms with van der Waals surface area (Å²) in [4.78, 5) is 13.8. The average Bonchev–Trinajstić information content (AvgIpc) is 2.46. The maximum atomic E-state index is 12.0. The van der Waals surface area contributed by atoms with Gasteiger partial charge in [0.2, 0.25) is 5.91 Å². The summed E-state index contributed by atoms with van der Waals surface area (Å²) in [6.45, 7) is 3.52. The van der Waals surface area contributed by atoms with Crippen molar-refractivity contribution in [3.63, 3.8) is 0 Å². The van der Waals surface area contributed by atoms with E-state index < -0.39 is 5.60 Å². The number of aliphatic hydroxyl groups is 1. The van der Waals surface area contributed by atoms with E-state index in [1.165, 1.54) is 0 Å². The summed E-state index contributed by atoms with van der Waals surface area (Å²) in [5.74, 6) is 0.0694. The van der Waals surface area contributed by atoms with Gasteiger partial charge in [0, 0.05) is 26.7 Å². The minimum absolute atomic E-state index is 0.0694. The van der Waals surface area contributed by atoms with Crippen molar-refractivity contribution in [2.45, 2.75) is 44.3 Å². The van der Waals surface area contributed by atoms with Crippen LogP contribution in [0.5, 0.6) is 0 Å². The maximum Gasteiger partial charge on any atom is 0.225 e. The number of amides is 1. The Balaban J connectivity index is 2.47. The van der Waals surface area contributed by atoms with Crippen LogP contribution in [0.25, 0.3) is 0 Å². The molecule has 1 saturated heterocycles. The van der Waals surface area contributed by atoms with Crippen LogP contribution in [-0.2, 0) is 9.53 Å². The van der Waals surface area contributed by atoms with Crippen molar-refractivity contribution < 1.29 is 14.6 Å². The SMILES string of the molecule is COC(CN)CC(=O)N1CCCC(C)(O)CC1. The first-order valence-corrected chi connectivity index (χ1v) is 6.21. The number of hydrogen-bond acceptors (Lipinski definition) is 4. The van der Waals surface area contributed by atoms with Crippen molar-refractivity contribution in [2.24, 2.45) is 5.73 Å². The van der Waals surface area contributed by atoms with E-state index in [0.29, 0.717) is 25.9 Å². The molecule has 0 aliphatic carbocycles. The number of nitrogens with two attached hydrogens (primary N) is 1. The highest BCUT2D eigenvalue weighted by Gasteiger charge is 2.27.